The lowest BCUT2D eigenvalue weighted by molar-refractivity contribution is -0.214. The van der Waals surface area contributed by atoms with Crippen LogP contribution >= 0.6 is 11.8 Å². The van der Waals surface area contributed by atoms with Crippen molar-refractivity contribution in [2.45, 2.75) is 74.4 Å². The quantitative estimate of drug-likeness (QED) is 0.359. The number of thioether (sulfide) groups is 1. The smallest absolute Gasteiger partial charge is 0.407 e. The summed E-state index contributed by atoms with van der Waals surface area (Å²) in [5.74, 6) is -2.95. The van der Waals surface area contributed by atoms with Crippen LogP contribution in [-0.2, 0) is 47.6 Å². The number of methoxy groups -OCH3 is 1. The van der Waals surface area contributed by atoms with E-state index in [0.717, 1.165) is 38.1 Å². The third kappa shape index (κ3) is 6.92. The molecule has 1 N–H and O–H groups in total. The first-order valence-corrected chi connectivity index (χ1v) is 12.2. The SMILES string of the molecule is COC(=O)C1(Sc2ccc(C)cc2)C[C@@H]2OC(=O)N[C@H]2[C@H]([C@H](OC(C)=O)[C@@H](COC(C)=O)OC(C)=O)O1. The largest absolute Gasteiger partial charge is 0.466 e. The minimum Gasteiger partial charge on any atom is -0.466 e. The van der Waals surface area contributed by atoms with Gasteiger partial charge in [-0.15, -0.1) is 0 Å². The number of ether oxygens (including phenoxy) is 6. The standard InChI is InChI=1S/C24H29NO11S/c1-12-6-8-16(9-7-12)37-24(22(29)31-5)10-17-19(25-23(30)35-17)21(36-24)20(34-15(4)28)18(33-14(3)27)11-32-13(2)26/h6-9,17-21H,10-11H2,1-5H3,(H,25,30)/t17-,18+,19+,20+,21+,24?/m0/s1. The van der Waals surface area contributed by atoms with Crippen LogP contribution in [0.1, 0.15) is 32.8 Å². The Bertz CT molecular complexity index is 1050. The predicted octanol–water partition coefficient (Wildman–Crippen LogP) is 1.65. The molecule has 0 aliphatic carbocycles. The number of benzene rings is 1. The highest BCUT2D eigenvalue weighted by atomic mass is 32.2. The number of carbonyl (C=O) groups excluding carboxylic acids is 5. The molecular weight excluding hydrogens is 510 g/mol. The van der Waals surface area contributed by atoms with Crippen molar-refractivity contribution < 1.29 is 52.4 Å². The Morgan fingerprint density at radius 3 is 2.30 bits per heavy atom. The molecule has 2 saturated heterocycles. The van der Waals surface area contributed by atoms with E-state index in [0.29, 0.717) is 4.90 Å². The Hall–Kier alpha value is -3.32. The molecule has 2 heterocycles. The van der Waals surface area contributed by atoms with Crippen LogP contribution in [-0.4, -0.2) is 79.1 Å². The number of hydrogen-bond acceptors (Lipinski definition) is 12. The number of fused-ring (bicyclic) bond motifs is 1. The van der Waals surface area contributed by atoms with Crippen LogP contribution in [0.25, 0.3) is 0 Å². The lowest BCUT2D eigenvalue weighted by Crippen LogP contribution is -2.64. The van der Waals surface area contributed by atoms with Gasteiger partial charge in [0.25, 0.3) is 0 Å². The molecule has 2 fully saturated rings. The Labute approximate surface area is 217 Å². The van der Waals surface area contributed by atoms with Crippen molar-refractivity contribution in [2.75, 3.05) is 13.7 Å². The van der Waals surface area contributed by atoms with Gasteiger partial charge in [0.15, 0.2) is 12.2 Å². The molecule has 37 heavy (non-hydrogen) atoms. The fraction of sp³-hybridized carbons (Fsp3) is 0.542. The van der Waals surface area contributed by atoms with Gasteiger partial charge in [-0.05, 0) is 19.1 Å². The van der Waals surface area contributed by atoms with Crippen LogP contribution in [0, 0.1) is 6.92 Å². The predicted molar refractivity (Wildman–Crippen MR) is 126 cm³/mol. The zero-order valence-electron chi connectivity index (χ0n) is 21.0. The molecule has 6 atom stereocenters. The third-order valence-corrected chi connectivity index (χ3v) is 6.92. The normalized spacial score (nSPS) is 26.0. The van der Waals surface area contributed by atoms with Gasteiger partial charge < -0.3 is 33.7 Å². The zero-order chi connectivity index (χ0) is 27.3. The van der Waals surface area contributed by atoms with E-state index < -0.39 is 72.0 Å². The number of alkyl carbamates (subject to hydrolysis) is 1. The van der Waals surface area contributed by atoms with Gasteiger partial charge >= 0.3 is 30.0 Å². The maximum absolute atomic E-state index is 13.2. The summed E-state index contributed by atoms with van der Waals surface area (Å²) < 4.78 is 32.7. The topological polar surface area (TPSA) is 153 Å². The zero-order valence-corrected chi connectivity index (χ0v) is 21.8. The molecule has 202 valence electrons. The van der Waals surface area contributed by atoms with Crippen molar-refractivity contribution >= 4 is 41.7 Å². The fourth-order valence-corrected chi connectivity index (χ4v) is 5.39. The van der Waals surface area contributed by atoms with Crippen molar-refractivity contribution in [1.29, 1.82) is 0 Å². The lowest BCUT2D eigenvalue weighted by atomic mass is 9.90. The number of carbonyl (C=O) groups is 5. The molecular formula is C24H29NO11S. The van der Waals surface area contributed by atoms with E-state index in [1.54, 1.807) is 12.1 Å². The molecule has 0 saturated carbocycles. The van der Waals surface area contributed by atoms with Crippen LogP contribution in [0.3, 0.4) is 0 Å². The Morgan fingerprint density at radius 2 is 1.73 bits per heavy atom. The van der Waals surface area contributed by atoms with E-state index in [-0.39, 0.29) is 6.42 Å². The van der Waals surface area contributed by atoms with E-state index in [1.165, 1.54) is 7.11 Å². The van der Waals surface area contributed by atoms with Gasteiger partial charge in [-0.3, -0.25) is 14.4 Å². The molecule has 3 rings (SSSR count). The minimum atomic E-state index is -1.73. The number of amides is 1. The van der Waals surface area contributed by atoms with Gasteiger partial charge in [0, 0.05) is 32.1 Å². The van der Waals surface area contributed by atoms with Gasteiger partial charge in [-0.25, -0.2) is 9.59 Å². The second-order valence-electron chi connectivity index (χ2n) is 8.58. The molecule has 2 aliphatic rings. The van der Waals surface area contributed by atoms with E-state index in [9.17, 15) is 24.0 Å². The lowest BCUT2D eigenvalue weighted by Gasteiger charge is -2.45. The second kappa shape index (κ2) is 11.8. The minimum absolute atomic E-state index is 0.0902. The molecule has 1 aromatic carbocycles. The summed E-state index contributed by atoms with van der Waals surface area (Å²) in [6.07, 6.45) is -5.76. The van der Waals surface area contributed by atoms with E-state index in [2.05, 4.69) is 5.32 Å². The number of nitrogens with one attached hydrogen (secondary N) is 1. The molecule has 12 nitrogen and oxygen atoms in total. The number of hydrogen-bond donors (Lipinski definition) is 1. The summed E-state index contributed by atoms with van der Waals surface area (Å²) in [6.45, 7) is 4.85. The first-order chi connectivity index (χ1) is 17.4. The summed E-state index contributed by atoms with van der Waals surface area (Å²) in [4.78, 5) is 59.8. The molecule has 1 aromatic rings. The van der Waals surface area contributed by atoms with E-state index >= 15 is 0 Å². The first kappa shape index (κ1) is 28.3. The van der Waals surface area contributed by atoms with Crippen molar-refractivity contribution in [3.05, 3.63) is 29.8 Å². The molecule has 0 radical (unpaired) electrons. The summed E-state index contributed by atoms with van der Waals surface area (Å²) >= 11 is 1.04. The third-order valence-electron chi connectivity index (χ3n) is 5.65. The number of esters is 4. The van der Waals surface area contributed by atoms with Gasteiger partial charge in [0.1, 0.15) is 18.8 Å². The first-order valence-electron chi connectivity index (χ1n) is 11.4. The van der Waals surface area contributed by atoms with E-state index in [1.807, 2.05) is 19.1 Å². The maximum Gasteiger partial charge on any atom is 0.407 e. The van der Waals surface area contributed by atoms with Gasteiger partial charge in [0.05, 0.1) is 13.2 Å². The van der Waals surface area contributed by atoms with Crippen molar-refractivity contribution in [3.8, 4) is 0 Å². The molecule has 1 amide bonds. The Balaban J connectivity index is 2.07. The van der Waals surface area contributed by atoms with Gasteiger partial charge in [-0.2, -0.15) is 0 Å². The molecule has 0 aromatic heterocycles. The number of rotatable bonds is 9. The Morgan fingerprint density at radius 1 is 1.08 bits per heavy atom. The summed E-state index contributed by atoms with van der Waals surface area (Å²) in [5, 5.41) is 2.61. The number of aryl methyl sites for hydroxylation is 1. The van der Waals surface area contributed by atoms with Crippen molar-refractivity contribution in [3.63, 3.8) is 0 Å². The molecule has 0 bridgehead atoms. The van der Waals surface area contributed by atoms with Crippen LogP contribution in [0.15, 0.2) is 29.2 Å². The van der Waals surface area contributed by atoms with Crippen molar-refractivity contribution in [2.24, 2.45) is 0 Å². The summed E-state index contributed by atoms with van der Waals surface area (Å²) in [5.41, 5.74) is 0.998. The monoisotopic (exact) mass is 539 g/mol. The second-order valence-corrected chi connectivity index (χ2v) is 9.92. The van der Waals surface area contributed by atoms with Crippen LogP contribution in [0.5, 0.6) is 0 Å². The van der Waals surface area contributed by atoms with Crippen LogP contribution < -0.4 is 5.32 Å². The average Bonchev–Trinajstić information content (AvgIpc) is 3.20. The summed E-state index contributed by atoms with van der Waals surface area (Å²) in [7, 11) is 1.19. The van der Waals surface area contributed by atoms with Crippen LogP contribution in [0.2, 0.25) is 0 Å². The molecule has 2 aliphatic heterocycles. The van der Waals surface area contributed by atoms with Crippen LogP contribution in [0.4, 0.5) is 4.79 Å². The Kier molecular flexibility index (Phi) is 9.02. The molecule has 1 unspecified atom stereocenters. The van der Waals surface area contributed by atoms with Crippen molar-refractivity contribution in [1.82, 2.24) is 5.32 Å². The molecule has 0 spiro atoms. The highest BCUT2D eigenvalue weighted by Gasteiger charge is 2.60. The van der Waals surface area contributed by atoms with Gasteiger partial charge in [-0.1, -0.05) is 29.5 Å². The fourth-order valence-electron chi connectivity index (χ4n) is 4.16. The average molecular weight is 540 g/mol. The highest BCUT2D eigenvalue weighted by Crippen LogP contribution is 2.46. The summed E-state index contributed by atoms with van der Waals surface area (Å²) in [6, 6.07) is 6.39. The maximum atomic E-state index is 13.2. The van der Waals surface area contributed by atoms with E-state index in [4.69, 9.17) is 28.4 Å². The van der Waals surface area contributed by atoms with Gasteiger partial charge in [0.2, 0.25) is 4.93 Å². The molecule has 13 heteroatoms. The highest BCUT2D eigenvalue weighted by molar-refractivity contribution is 8.01.